The van der Waals surface area contributed by atoms with Crippen LogP contribution in [-0.4, -0.2) is 145 Å². The van der Waals surface area contributed by atoms with E-state index < -0.39 is 77.8 Å². The predicted octanol–water partition coefficient (Wildman–Crippen LogP) is 6.20. The number of ketones is 3. The number of carbonyl (C=O) groups is 5. The SMILES string of the molecule is CO[C@H]1C[C@@H]2CC[C@@H](C)[C@@](O)(O2)C(=O)C(=O)N2CCCC[C@H]2C(=O)O[C@H]([C@H](C)CC2CC[C@@H](OCCO)[C@H](OC)C2)CC(=O)/C(C)=C/C(C)[C@@H](O)[C@@H](OC)C(=O)[C@H](C)C[C@H](C)C=CC=CC=C1C. The van der Waals surface area contributed by atoms with Gasteiger partial charge in [0.05, 0.1) is 43.7 Å². The third kappa shape index (κ3) is 15.3. The largest absolute Gasteiger partial charge is 0.460 e. The molecule has 15 nitrogen and oxygen atoms in total. The highest BCUT2D eigenvalue weighted by molar-refractivity contribution is 6.39. The second kappa shape index (κ2) is 27.3. The van der Waals surface area contributed by atoms with Crippen LogP contribution in [0.15, 0.2) is 47.6 Å². The number of aliphatic hydroxyl groups excluding tert-OH is 2. The number of nitrogens with zero attached hydrogens (tertiary/aromatic N) is 1. The first kappa shape index (κ1) is 57.2. The number of fused-ring (bicyclic) bond motifs is 3. The van der Waals surface area contributed by atoms with Gasteiger partial charge in [-0.1, -0.05) is 71.1 Å². The molecule has 0 aromatic heterocycles. The summed E-state index contributed by atoms with van der Waals surface area (Å²) in [6.45, 7) is 12.9. The monoisotopic (exact) mass is 958 g/mol. The van der Waals surface area contributed by atoms with Crippen LogP contribution in [0, 0.1) is 35.5 Å². The lowest BCUT2D eigenvalue weighted by molar-refractivity contribution is -0.265. The zero-order chi connectivity index (χ0) is 50.3. The number of esters is 1. The van der Waals surface area contributed by atoms with Gasteiger partial charge in [0.15, 0.2) is 11.6 Å². The molecule has 1 saturated carbocycles. The van der Waals surface area contributed by atoms with E-state index in [0.717, 1.165) is 12.0 Å². The maximum Gasteiger partial charge on any atom is 0.329 e. The molecular weight excluding hydrogens is 875 g/mol. The summed E-state index contributed by atoms with van der Waals surface area (Å²) in [6, 6.07) is -1.15. The predicted molar refractivity (Wildman–Crippen MR) is 256 cm³/mol. The van der Waals surface area contributed by atoms with Crippen LogP contribution in [0.5, 0.6) is 0 Å². The Morgan fingerprint density at radius 3 is 2.28 bits per heavy atom. The third-order valence-electron chi connectivity index (χ3n) is 14.9. The summed E-state index contributed by atoms with van der Waals surface area (Å²) in [4.78, 5) is 72.1. The van der Waals surface area contributed by atoms with Gasteiger partial charge in [-0.3, -0.25) is 19.2 Å². The highest BCUT2D eigenvalue weighted by Gasteiger charge is 2.53. The molecule has 384 valence electrons. The van der Waals surface area contributed by atoms with Crippen molar-refractivity contribution in [1.29, 1.82) is 0 Å². The first-order valence-electron chi connectivity index (χ1n) is 25.0. The fourth-order valence-electron chi connectivity index (χ4n) is 10.5. The van der Waals surface area contributed by atoms with Crippen molar-refractivity contribution in [3.8, 4) is 0 Å². The summed E-state index contributed by atoms with van der Waals surface area (Å²) in [5, 5.41) is 32.8. The molecule has 4 rings (SSSR count). The van der Waals surface area contributed by atoms with Gasteiger partial charge in [0.25, 0.3) is 11.7 Å². The molecule has 15 atom stereocenters. The van der Waals surface area contributed by atoms with Crippen molar-refractivity contribution in [2.45, 2.75) is 180 Å². The van der Waals surface area contributed by atoms with E-state index in [4.69, 9.17) is 28.4 Å². The molecule has 0 radical (unpaired) electrons. The van der Waals surface area contributed by atoms with Crippen molar-refractivity contribution in [3.63, 3.8) is 0 Å². The lowest BCUT2D eigenvalue weighted by Gasteiger charge is -2.42. The Hall–Kier alpha value is -3.41. The molecule has 1 amide bonds. The lowest BCUT2D eigenvalue weighted by Crippen LogP contribution is -2.61. The molecule has 4 aliphatic rings. The van der Waals surface area contributed by atoms with Crippen molar-refractivity contribution >= 4 is 29.2 Å². The van der Waals surface area contributed by atoms with Crippen LogP contribution in [0.3, 0.4) is 0 Å². The maximum absolute atomic E-state index is 14.5. The van der Waals surface area contributed by atoms with Crippen molar-refractivity contribution in [2.24, 2.45) is 35.5 Å². The Morgan fingerprint density at radius 2 is 1.60 bits per heavy atom. The molecule has 0 aromatic carbocycles. The van der Waals surface area contributed by atoms with Crippen molar-refractivity contribution < 1.29 is 67.7 Å². The molecule has 0 aromatic rings. The van der Waals surface area contributed by atoms with Crippen LogP contribution in [0.1, 0.15) is 126 Å². The Labute approximate surface area is 405 Å². The van der Waals surface area contributed by atoms with Gasteiger partial charge in [-0.05, 0) is 107 Å². The summed E-state index contributed by atoms with van der Waals surface area (Å²) in [6.07, 6.45) is 12.0. The molecular formula is C53H83NO14. The minimum atomic E-state index is -2.43. The fraction of sp³-hybridized carbons (Fsp3) is 0.755. The minimum Gasteiger partial charge on any atom is -0.460 e. The van der Waals surface area contributed by atoms with Crippen molar-refractivity contribution in [2.75, 3.05) is 41.1 Å². The second-order valence-electron chi connectivity index (χ2n) is 20.2. The number of cyclic esters (lactones) is 1. The number of hydrogen-bond donors (Lipinski definition) is 3. The Bertz CT molecular complexity index is 1810. The average molecular weight is 958 g/mol. The molecule has 2 saturated heterocycles. The van der Waals surface area contributed by atoms with Gasteiger partial charge in [0, 0.05) is 58.5 Å². The molecule has 2 unspecified atom stereocenters. The standard InChI is InChI=1S/C53H83NO14/c1-32-16-12-11-13-17-33(2)44(63-8)30-40-21-19-38(7)53(62,68-40)50(59)51(60)54-23-15-14-18-41(54)52(61)67-45(35(4)28-39-20-22-43(66-25-24-55)46(29-39)64-9)31-42(56)34(3)27-37(6)48(58)49(65-10)47(57)36(5)26-32/h11-13,16-17,27,32,35-41,43-46,48-49,55,58,62H,14-15,18-26,28-31H2,1-10H3/b13-11?,16-12?,33-17?,34-27+/t32-,35-,36-,37?,38-,39?,40+,41+,43-,44+,45+,46-,48-,49+,53-/m1/s1. The van der Waals surface area contributed by atoms with Gasteiger partial charge in [-0.25, -0.2) is 4.79 Å². The van der Waals surface area contributed by atoms with Gasteiger partial charge >= 0.3 is 5.97 Å². The van der Waals surface area contributed by atoms with Crippen LogP contribution in [-0.2, 0) is 52.4 Å². The van der Waals surface area contributed by atoms with Crippen molar-refractivity contribution in [1.82, 2.24) is 4.90 Å². The number of carbonyl (C=O) groups excluding carboxylic acids is 5. The van der Waals surface area contributed by atoms with E-state index in [0.29, 0.717) is 63.4 Å². The van der Waals surface area contributed by atoms with E-state index in [1.54, 1.807) is 41.1 Å². The lowest BCUT2D eigenvalue weighted by atomic mass is 9.78. The number of Topliss-reactive ketones (excluding diaryl/α,β-unsaturated/α-hetero) is 3. The number of rotatable bonds is 9. The Kier molecular flexibility index (Phi) is 22.9. The summed E-state index contributed by atoms with van der Waals surface area (Å²) in [5.41, 5.74) is 1.19. The number of hydrogen-bond acceptors (Lipinski definition) is 14. The third-order valence-corrected chi connectivity index (χ3v) is 14.9. The molecule has 3 fully saturated rings. The van der Waals surface area contributed by atoms with E-state index in [9.17, 15) is 39.3 Å². The van der Waals surface area contributed by atoms with Gasteiger partial charge < -0.3 is 48.6 Å². The highest BCUT2D eigenvalue weighted by atomic mass is 16.6. The number of aliphatic hydroxyl groups is 3. The Balaban J connectivity index is 1.70. The van der Waals surface area contributed by atoms with Gasteiger partial charge in [-0.15, -0.1) is 0 Å². The molecule has 2 bridgehead atoms. The highest BCUT2D eigenvalue weighted by Crippen LogP contribution is 2.38. The molecule has 1 aliphatic carbocycles. The molecule has 3 N–H and O–H groups in total. The van der Waals surface area contributed by atoms with E-state index in [2.05, 4.69) is 0 Å². The van der Waals surface area contributed by atoms with Crippen LogP contribution in [0.2, 0.25) is 0 Å². The summed E-state index contributed by atoms with van der Waals surface area (Å²) >= 11 is 0. The first-order chi connectivity index (χ1) is 32.3. The number of piperidine rings is 1. The first-order valence-corrected chi connectivity index (χ1v) is 25.0. The van der Waals surface area contributed by atoms with E-state index in [1.807, 2.05) is 58.1 Å². The van der Waals surface area contributed by atoms with Crippen molar-refractivity contribution in [3.05, 3.63) is 47.6 Å². The number of ether oxygens (including phenoxy) is 6. The zero-order valence-electron chi connectivity index (χ0n) is 42.4. The zero-order valence-corrected chi connectivity index (χ0v) is 42.4. The van der Waals surface area contributed by atoms with Gasteiger partial charge in [0.1, 0.15) is 18.2 Å². The fourth-order valence-corrected chi connectivity index (χ4v) is 10.5. The van der Waals surface area contributed by atoms with E-state index in [1.165, 1.54) is 12.0 Å². The van der Waals surface area contributed by atoms with Crippen LogP contribution >= 0.6 is 0 Å². The Morgan fingerprint density at radius 1 is 0.868 bits per heavy atom. The number of methoxy groups -OCH3 is 3. The summed E-state index contributed by atoms with van der Waals surface area (Å²) in [5.74, 6) is -7.94. The van der Waals surface area contributed by atoms with Crippen LogP contribution < -0.4 is 0 Å². The number of allylic oxidation sites excluding steroid dienone is 6. The minimum absolute atomic E-state index is 0.0185. The summed E-state index contributed by atoms with van der Waals surface area (Å²) < 4.78 is 35.6. The smallest absolute Gasteiger partial charge is 0.329 e. The van der Waals surface area contributed by atoms with Gasteiger partial charge in [0.2, 0.25) is 5.79 Å². The maximum atomic E-state index is 14.5. The summed E-state index contributed by atoms with van der Waals surface area (Å²) in [7, 11) is 4.59. The van der Waals surface area contributed by atoms with E-state index >= 15 is 0 Å². The van der Waals surface area contributed by atoms with Gasteiger partial charge in [-0.2, -0.15) is 0 Å². The van der Waals surface area contributed by atoms with E-state index in [-0.39, 0.29) is 74.1 Å². The average Bonchev–Trinajstić information content (AvgIpc) is 3.32. The molecule has 15 heteroatoms. The molecule has 0 spiro atoms. The quantitative estimate of drug-likeness (QED) is 0.174. The normalized spacial score (nSPS) is 37.5. The molecule has 3 aliphatic heterocycles. The number of amides is 1. The van der Waals surface area contributed by atoms with Crippen LogP contribution in [0.25, 0.3) is 0 Å². The molecule has 68 heavy (non-hydrogen) atoms. The second-order valence-corrected chi connectivity index (χ2v) is 20.2. The molecule has 3 heterocycles. The topological polar surface area (TPSA) is 205 Å². The van der Waals surface area contributed by atoms with Crippen LogP contribution in [0.4, 0.5) is 0 Å².